The summed E-state index contributed by atoms with van der Waals surface area (Å²) in [5.41, 5.74) is 1.18. The van der Waals surface area contributed by atoms with Gasteiger partial charge in [-0.15, -0.1) is 0 Å². The molecule has 2 aliphatic rings. The molecule has 3 rings (SSSR count). The van der Waals surface area contributed by atoms with Gasteiger partial charge in [-0.1, -0.05) is 49.6 Å². The smallest absolute Gasteiger partial charge is 0.307 e. The molecule has 1 saturated heterocycles. The third kappa shape index (κ3) is 5.07. The van der Waals surface area contributed by atoms with Crippen LogP contribution in [0, 0.1) is 11.8 Å². The molecule has 2 fully saturated rings. The summed E-state index contributed by atoms with van der Waals surface area (Å²) in [5, 5.41) is 12.5. The normalized spacial score (nSPS) is 23.3. The SMILES string of the molecule is O=C(CN1CCCC(C(=O)O)C1)NC(c1ccccc1)C1CCCCC1. The second-order valence-corrected chi connectivity index (χ2v) is 7.77. The Hall–Kier alpha value is -1.88. The van der Waals surface area contributed by atoms with Gasteiger partial charge in [-0.2, -0.15) is 0 Å². The van der Waals surface area contributed by atoms with Gasteiger partial charge in [-0.25, -0.2) is 0 Å². The van der Waals surface area contributed by atoms with Gasteiger partial charge in [0.05, 0.1) is 18.5 Å². The zero-order valence-corrected chi connectivity index (χ0v) is 15.4. The van der Waals surface area contributed by atoms with Crippen molar-refractivity contribution in [1.29, 1.82) is 0 Å². The minimum atomic E-state index is -0.750. The topological polar surface area (TPSA) is 69.6 Å². The van der Waals surface area contributed by atoms with Crippen LogP contribution in [0.4, 0.5) is 0 Å². The van der Waals surface area contributed by atoms with Crippen LogP contribution in [0.15, 0.2) is 30.3 Å². The monoisotopic (exact) mass is 358 g/mol. The molecule has 5 nitrogen and oxygen atoms in total. The Morgan fingerprint density at radius 3 is 2.50 bits per heavy atom. The van der Waals surface area contributed by atoms with Crippen molar-refractivity contribution < 1.29 is 14.7 Å². The summed E-state index contributed by atoms with van der Waals surface area (Å²) in [4.78, 5) is 25.9. The molecular formula is C21H30N2O3. The number of benzene rings is 1. The van der Waals surface area contributed by atoms with E-state index in [1.165, 1.54) is 24.8 Å². The highest BCUT2D eigenvalue weighted by Gasteiger charge is 2.29. The average molecular weight is 358 g/mol. The molecule has 2 unspecified atom stereocenters. The van der Waals surface area contributed by atoms with Crippen LogP contribution in [0.1, 0.15) is 56.6 Å². The number of piperidine rings is 1. The number of amides is 1. The van der Waals surface area contributed by atoms with Gasteiger partial charge in [0.15, 0.2) is 0 Å². The standard InChI is InChI=1S/C21H30N2O3/c24-19(15-23-13-7-12-18(14-23)21(25)26)22-20(16-8-3-1-4-9-16)17-10-5-2-6-11-17/h1,3-4,8-9,17-18,20H,2,5-7,10-15H2,(H,22,24)(H,25,26). The minimum Gasteiger partial charge on any atom is -0.481 e. The first-order chi connectivity index (χ1) is 12.6. The minimum absolute atomic E-state index is 0.00969. The molecule has 1 aliphatic carbocycles. The van der Waals surface area contributed by atoms with Gasteiger partial charge in [0.2, 0.25) is 5.91 Å². The molecule has 0 bridgehead atoms. The Balaban J connectivity index is 1.62. The molecule has 1 aliphatic heterocycles. The van der Waals surface area contributed by atoms with Crippen molar-refractivity contribution in [2.75, 3.05) is 19.6 Å². The van der Waals surface area contributed by atoms with E-state index in [0.717, 1.165) is 25.8 Å². The summed E-state index contributed by atoms with van der Waals surface area (Å²) in [6, 6.07) is 10.3. The predicted molar refractivity (Wildman–Crippen MR) is 101 cm³/mol. The number of aliphatic carboxylic acids is 1. The average Bonchev–Trinajstić information content (AvgIpc) is 2.67. The maximum Gasteiger partial charge on any atom is 0.307 e. The Morgan fingerprint density at radius 2 is 1.81 bits per heavy atom. The van der Waals surface area contributed by atoms with Crippen LogP contribution in [0.2, 0.25) is 0 Å². The van der Waals surface area contributed by atoms with E-state index in [2.05, 4.69) is 17.4 Å². The lowest BCUT2D eigenvalue weighted by molar-refractivity contribution is -0.144. The molecule has 1 saturated carbocycles. The van der Waals surface area contributed by atoms with Gasteiger partial charge >= 0.3 is 5.97 Å². The van der Waals surface area contributed by atoms with E-state index in [9.17, 15) is 14.7 Å². The summed E-state index contributed by atoms with van der Waals surface area (Å²) in [6.45, 7) is 1.57. The number of carbonyl (C=O) groups is 2. The fourth-order valence-corrected chi connectivity index (χ4v) is 4.42. The molecule has 2 atom stereocenters. The van der Waals surface area contributed by atoms with E-state index < -0.39 is 5.97 Å². The van der Waals surface area contributed by atoms with Gasteiger partial charge in [0.1, 0.15) is 0 Å². The first kappa shape index (κ1) is 18.9. The highest BCUT2D eigenvalue weighted by atomic mass is 16.4. The van der Waals surface area contributed by atoms with E-state index in [-0.39, 0.29) is 17.9 Å². The van der Waals surface area contributed by atoms with E-state index >= 15 is 0 Å². The summed E-state index contributed by atoms with van der Waals surface area (Å²) in [6.07, 6.45) is 7.62. The molecule has 26 heavy (non-hydrogen) atoms. The Bertz CT molecular complexity index is 599. The number of hydrogen-bond donors (Lipinski definition) is 2. The molecule has 142 valence electrons. The molecule has 1 aromatic carbocycles. The van der Waals surface area contributed by atoms with Crippen molar-refractivity contribution in [3.63, 3.8) is 0 Å². The summed E-state index contributed by atoms with van der Waals surface area (Å²) in [7, 11) is 0. The molecule has 1 aromatic rings. The molecular weight excluding hydrogens is 328 g/mol. The zero-order valence-electron chi connectivity index (χ0n) is 15.4. The summed E-state index contributed by atoms with van der Waals surface area (Å²) in [5.74, 6) is -0.599. The van der Waals surface area contributed by atoms with Crippen LogP contribution in [-0.4, -0.2) is 41.5 Å². The van der Waals surface area contributed by atoms with E-state index in [4.69, 9.17) is 0 Å². The highest BCUT2D eigenvalue weighted by Crippen LogP contribution is 2.34. The van der Waals surface area contributed by atoms with Gasteiger partial charge in [0.25, 0.3) is 0 Å². The molecule has 0 spiro atoms. The van der Waals surface area contributed by atoms with E-state index in [0.29, 0.717) is 25.4 Å². The largest absolute Gasteiger partial charge is 0.481 e. The van der Waals surface area contributed by atoms with Crippen molar-refractivity contribution in [3.8, 4) is 0 Å². The third-order valence-electron chi connectivity index (χ3n) is 5.82. The highest BCUT2D eigenvalue weighted by molar-refractivity contribution is 5.78. The first-order valence-electron chi connectivity index (χ1n) is 9.93. The number of nitrogens with one attached hydrogen (secondary N) is 1. The summed E-state index contributed by atoms with van der Waals surface area (Å²) < 4.78 is 0. The van der Waals surface area contributed by atoms with Crippen LogP contribution in [0.3, 0.4) is 0 Å². The quantitative estimate of drug-likeness (QED) is 0.819. The van der Waals surface area contributed by atoms with Crippen molar-refractivity contribution in [2.45, 2.75) is 51.0 Å². The molecule has 1 amide bonds. The Labute approximate surface area is 155 Å². The first-order valence-corrected chi connectivity index (χ1v) is 9.93. The number of carboxylic acid groups (broad SMARTS) is 1. The fourth-order valence-electron chi connectivity index (χ4n) is 4.42. The Kier molecular flexibility index (Phi) is 6.67. The van der Waals surface area contributed by atoms with Crippen molar-refractivity contribution in [3.05, 3.63) is 35.9 Å². The molecule has 0 aromatic heterocycles. The molecule has 0 radical (unpaired) electrons. The third-order valence-corrected chi connectivity index (χ3v) is 5.82. The van der Waals surface area contributed by atoms with Crippen LogP contribution >= 0.6 is 0 Å². The number of likely N-dealkylation sites (tertiary alicyclic amines) is 1. The second-order valence-electron chi connectivity index (χ2n) is 7.77. The van der Waals surface area contributed by atoms with Crippen LogP contribution in [0.25, 0.3) is 0 Å². The molecule has 1 heterocycles. The second kappa shape index (κ2) is 9.17. The van der Waals surface area contributed by atoms with Gasteiger partial charge in [-0.05, 0) is 43.7 Å². The zero-order chi connectivity index (χ0) is 18.4. The lowest BCUT2D eigenvalue weighted by Crippen LogP contribution is -2.45. The fraction of sp³-hybridized carbons (Fsp3) is 0.619. The number of hydrogen-bond acceptors (Lipinski definition) is 3. The van der Waals surface area contributed by atoms with Crippen LogP contribution < -0.4 is 5.32 Å². The van der Waals surface area contributed by atoms with Crippen molar-refractivity contribution in [2.24, 2.45) is 11.8 Å². The number of rotatable bonds is 6. The Morgan fingerprint density at radius 1 is 1.08 bits per heavy atom. The molecule has 5 heteroatoms. The van der Waals surface area contributed by atoms with Crippen LogP contribution in [-0.2, 0) is 9.59 Å². The van der Waals surface area contributed by atoms with Crippen molar-refractivity contribution >= 4 is 11.9 Å². The number of nitrogens with zero attached hydrogens (tertiary/aromatic N) is 1. The van der Waals surface area contributed by atoms with E-state index in [1.807, 2.05) is 23.1 Å². The van der Waals surface area contributed by atoms with Crippen molar-refractivity contribution in [1.82, 2.24) is 10.2 Å². The predicted octanol–water partition coefficient (Wildman–Crippen LogP) is 3.22. The summed E-state index contributed by atoms with van der Waals surface area (Å²) >= 11 is 0. The number of carboxylic acids is 1. The van der Waals surface area contributed by atoms with Crippen LogP contribution in [0.5, 0.6) is 0 Å². The lowest BCUT2D eigenvalue weighted by atomic mass is 9.81. The number of carbonyl (C=O) groups excluding carboxylic acids is 1. The van der Waals surface area contributed by atoms with E-state index in [1.54, 1.807) is 0 Å². The van der Waals surface area contributed by atoms with Gasteiger partial charge < -0.3 is 10.4 Å². The van der Waals surface area contributed by atoms with Gasteiger partial charge in [-0.3, -0.25) is 14.5 Å². The molecule has 2 N–H and O–H groups in total. The van der Waals surface area contributed by atoms with Gasteiger partial charge in [0, 0.05) is 6.54 Å². The maximum atomic E-state index is 12.7. The lowest BCUT2D eigenvalue weighted by Gasteiger charge is -2.33. The maximum absolute atomic E-state index is 12.7.